The summed E-state index contributed by atoms with van der Waals surface area (Å²) in [5, 5.41) is 21.2. The monoisotopic (exact) mass is 584 g/mol. The number of methoxy groups -OCH3 is 1. The second kappa shape index (κ2) is 10.9. The van der Waals surface area contributed by atoms with Gasteiger partial charge in [-0.2, -0.15) is 0 Å². The van der Waals surface area contributed by atoms with E-state index in [1.54, 1.807) is 38.1 Å². The molecule has 4 aromatic rings. The second-order valence-electron chi connectivity index (χ2n) is 8.32. The Morgan fingerprint density at radius 2 is 1.87 bits per heavy atom. The number of aromatic nitrogens is 3. The number of hydrogen-bond donors (Lipinski definition) is 1. The number of carbonyl (C=O) groups is 2. The number of aliphatic hydroxyl groups excluding tert-OH is 1. The van der Waals surface area contributed by atoms with Gasteiger partial charge in [0.05, 0.1) is 28.3 Å². The van der Waals surface area contributed by atoms with Crippen molar-refractivity contribution in [1.29, 1.82) is 0 Å². The molecule has 0 bridgehead atoms. The molecule has 0 fully saturated rings. The summed E-state index contributed by atoms with van der Waals surface area (Å²) < 4.78 is 6.20. The minimum absolute atomic E-state index is 0.0446. The van der Waals surface area contributed by atoms with Crippen molar-refractivity contribution in [2.75, 3.05) is 12.0 Å². The third-order valence-electron chi connectivity index (χ3n) is 5.87. The van der Waals surface area contributed by atoms with Gasteiger partial charge >= 0.3 is 0 Å². The molecular formula is C26H21ClN4O4S3. The molecule has 8 nitrogen and oxygen atoms in total. The molecule has 1 aliphatic heterocycles. The van der Waals surface area contributed by atoms with Gasteiger partial charge in [0.25, 0.3) is 5.91 Å². The predicted octanol–water partition coefficient (Wildman–Crippen LogP) is 6.35. The molecule has 1 amide bonds. The van der Waals surface area contributed by atoms with Crippen molar-refractivity contribution in [2.45, 2.75) is 30.0 Å². The molecule has 1 aliphatic rings. The van der Waals surface area contributed by atoms with Crippen LogP contribution in [0.1, 0.15) is 37.5 Å². The number of aryl methyl sites for hydroxylation is 2. The van der Waals surface area contributed by atoms with E-state index >= 15 is 0 Å². The molecule has 0 spiro atoms. The molecule has 1 atom stereocenters. The molecule has 0 saturated carbocycles. The fraction of sp³-hybridized carbons (Fsp3) is 0.192. The number of rotatable bonds is 8. The zero-order valence-corrected chi connectivity index (χ0v) is 23.7. The maximum absolute atomic E-state index is 13.8. The third-order valence-corrected chi connectivity index (χ3v) is 9.32. The van der Waals surface area contributed by atoms with Crippen LogP contribution in [0.4, 0.5) is 5.13 Å². The zero-order valence-electron chi connectivity index (χ0n) is 20.5. The van der Waals surface area contributed by atoms with Gasteiger partial charge in [0.2, 0.25) is 10.9 Å². The maximum Gasteiger partial charge on any atom is 0.296 e. The van der Waals surface area contributed by atoms with Crippen LogP contribution in [0, 0.1) is 13.8 Å². The quantitative estimate of drug-likeness (QED) is 0.145. The molecule has 0 saturated heterocycles. The number of halogens is 1. The Kier molecular flexibility index (Phi) is 7.53. The highest BCUT2D eigenvalue weighted by Gasteiger charge is 2.47. The van der Waals surface area contributed by atoms with Crippen LogP contribution < -0.4 is 9.64 Å². The van der Waals surface area contributed by atoms with Crippen LogP contribution >= 0.6 is 46.0 Å². The van der Waals surface area contributed by atoms with Crippen LogP contribution in [0.3, 0.4) is 0 Å². The van der Waals surface area contributed by atoms with Crippen LogP contribution in [-0.4, -0.2) is 39.1 Å². The first kappa shape index (κ1) is 26.4. The second-order valence-corrected chi connectivity index (χ2v) is 12.1. The number of hydrogen-bond acceptors (Lipinski definition) is 10. The lowest BCUT2D eigenvalue weighted by Crippen LogP contribution is -2.31. The van der Waals surface area contributed by atoms with Crippen molar-refractivity contribution in [1.82, 2.24) is 15.2 Å². The SMILES string of the molecule is COc1ccccc1C1C(C(=O)c2sc(C)nc2C)=C(O)C(=O)N1c1nnc(SCc2ccc(Cl)cc2)s1. The van der Waals surface area contributed by atoms with E-state index in [0.29, 0.717) is 42.0 Å². The highest BCUT2D eigenvalue weighted by Crippen LogP contribution is 2.46. The van der Waals surface area contributed by atoms with Gasteiger partial charge in [0.1, 0.15) is 11.8 Å². The molecule has 2 aromatic carbocycles. The minimum Gasteiger partial charge on any atom is -0.503 e. The van der Waals surface area contributed by atoms with E-state index in [9.17, 15) is 14.7 Å². The maximum atomic E-state index is 13.8. The van der Waals surface area contributed by atoms with Crippen LogP contribution in [0.15, 0.2) is 64.2 Å². The Bertz CT molecular complexity index is 1560. The number of benzene rings is 2. The van der Waals surface area contributed by atoms with Crippen molar-refractivity contribution in [3.05, 3.63) is 91.6 Å². The van der Waals surface area contributed by atoms with Crippen LogP contribution in [0.25, 0.3) is 0 Å². The summed E-state index contributed by atoms with van der Waals surface area (Å²) in [5.41, 5.74) is 2.10. The summed E-state index contributed by atoms with van der Waals surface area (Å²) in [5.74, 6) is -0.712. The fourth-order valence-corrected chi connectivity index (χ4v) is 6.99. The lowest BCUT2D eigenvalue weighted by molar-refractivity contribution is -0.117. The number of amides is 1. The first-order chi connectivity index (χ1) is 18.3. The van der Waals surface area contributed by atoms with E-state index in [-0.39, 0.29) is 10.7 Å². The first-order valence-corrected chi connectivity index (χ1v) is 14.4. The van der Waals surface area contributed by atoms with Gasteiger partial charge < -0.3 is 9.84 Å². The van der Waals surface area contributed by atoms with Crippen LogP contribution in [0.5, 0.6) is 5.75 Å². The van der Waals surface area contributed by atoms with Gasteiger partial charge in [-0.05, 0) is 37.6 Å². The van der Waals surface area contributed by atoms with Crippen LogP contribution in [0.2, 0.25) is 5.02 Å². The van der Waals surface area contributed by atoms with E-state index in [1.165, 1.54) is 46.4 Å². The smallest absolute Gasteiger partial charge is 0.296 e. The van der Waals surface area contributed by atoms with Crippen molar-refractivity contribution in [3.63, 3.8) is 0 Å². The van der Waals surface area contributed by atoms with Gasteiger partial charge in [-0.25, -0.2) is 4.98 Å². The molecular weight excluding hydrogens is 564 g/mol. The summed E-state index contributed by atoms with van der Waals surface area (Å²) in [4.78, 5) is 33.3. The zero-order chi connectivity index (χ0) is 27.0. The molecule has 0 radical (unpaired) electrons. The van der Waals surface area contributed by atoms with Crippen LogP contribution in [-0.2, 0) is 10.5 Å². The van der Waals surface area contributed by atoms with Gasteiger partial charge in [-0.1, -0.05) is 65.0 Å². The van der Waals surface area contributed by atoms with Crippen molar-refractivity contribution < 1.29 is 19.4 Å². The summed E-state index contributed by atoms with van der Waals surface area (Å²) >= 11 is 9.87. The molecule has 2 aromatic heterocycles. The van der Waals surface area contributed by atoms with E-state index in [1.807, 2.05) is 24.3 Å². The highest BCUT2D eigenvalue weighted by atomic mass is 35.5. The third kappa shape index (κ3) is 4.94. The van der Waals surface area contributed by atoms with E-state index < -0.39 is 23.5 Å². The molecule has 12 heteroatoms. The highest BCUT2D eigenvalue weighted by molar-refractivity contribution is 8.00. The molecule has 3 heterocycles. The largest absolute Gasteiger partial charge is 0.503 e. The molecule has 1 N–H and O–H groups in total. The molecule has 1 unspecified atom stereocenters. The number of aliphatic hydroxyl groups is 1. The number of Topliss-reactive ketones (excluding diaryl/α,β-unsaturated/α-hetero) is 1. The summed E-state index contributed by atoms with van der Waals surface area (Å²) in [6.45, 7) is 3.53. The molecule has 194 valence electrons. The minimum atomic E-state index is -0.963. The van der Waals surface area contributed by atoms with Crippen molar-refractivity contribution in [2.24, 2.45) is 0 Å². The fourth-order valence-electron chi connectivity index (χ4n) is 4.17. The average molecular weight is 585 g/mol. The normalized spacial score (nSPS) is 15.4. The number of thioether (sulfide) groups is 1. The van der Waals surface area contributed by atoms with Crippen molar-refractivity contribution >= 4 is 62.9 Å². The number of anilines is 1. The lowest BCUT2D eigenvalue weighted by atomic mass is 9.94. The molecule has 38 heavy (non-hydrogen) atoms. The average Bonchev–Trinajstić information content (AvgIpc) is 3.59. The first-order valence-electron chi connectivity index (χ1n) is 11.4. The lowest BCUT2D eigenvalue weighted by Gasteiger charge is -2.25. The molecule has 0 aliphatic carbocycles. The van der Waals surface area contributed by atoms with Gasteiger partial charge in [-0.15, -0.1) is 21.5 Å². The Morgan fingerprint density at radius 3 is 2.55 bits per heavy atom. The number of carbonyl (C=O) groups excluding carboxylic acids is 2. The van der Waals surface area contributed by atoms with Crippen molar-refractivity contribution in [3.8, 4) is 5.75 Å². The summed E-state index contributed by atoms with van der Waals surface area (Å²) in [6, 6.07) is 13.6. The summed E-state index contributed by atoms with van der Waals surface area (Å²) in [7, 11) is 1.51. The number of thiazole rings is 1. The van der Waals surface area contributed by atoms with E-state index in [4.69, 9.17) is 16.3 Å². The number of para-hydroxylation sites is 1. The number of ketones is 1. The topological polar surface area (TPSA) is 106 Å². The molecule has 5 rings (SSSR count). The summed E-state index contributed by atoms with van der Waals surface area (Å²) in [6.07, 6.45) is 0. The Labute approximate surface area is 236 Å². The van der Waals surface area contributed by atoms with Gasteiger partial charge in [-0.3, -0.25) is 14.5 Å². The Balaban J connectivity index is 1.53. The Hall–Kier alpha value is -3.25. The Morgan fingerprint density at radius 1 is 1.13 bits per heavy atom. The van der Waals surface area contributed by atoms with Gasteiger partial charge in [0, 0.05) is 16.3 Å². The van der Waals surface area contributed by atoms with E-state index in [0.717, 1.165) is 5.56 Å². The number of nitrogens with zero attached hydrogens (tertiary/aromatic N) is 4. The number of ether oxygens (including phenoxy) is 1. The van der Waals surface area contributed by atoms with Gasteiger partial charge in [0.15, 0.2) is 10.1 Å². The standard InChI is InChI=1S/C26H21ClN4O4S3/c1-13-23(37-14(2)28-13)21(32)19-20(17-6-4-5-7-18(17)35-3)31(24(34)22(19)33)25-29-30-26(38-25)36-12-15-8-10-16(27)11-9-15/h4-11,20,33H,12H2,1-3H3. The predicted molar refractivity (Wildman–Crippen MR) is 150 cm³/mol. The van der Waals surface area contributed by atoms with E-state index in [2.05, 4.69) is 15.2 Å².